The second-order valence-electron chi connectivity index (χ2n) is 4.32. The summed E-state index contributed by atoms with van der Waals surface area (Å²) in [6.45, 7) is 11.3. The van der Waals surface area contributed by atoms with Gasteiger partial charge in [-0.05, 0) is 18.3 Å². The normalized spacial score (nSPS) is 16.6. The zero-order valence-corrected chi connectivity index (χ0v) is 13.3. The average Bonchev–Trinajstić information content (AvgIpc) is 2.02. The van der Waals surface area contributed by atoms with E-state index in [4.69, 9.17) is 11.8 Å². The zero-order chi connectivity index (χ0) is 11.2. The van der Waals surface area contributed by atoms with Crippen LogP contribution in [0, 0.1) is 0 Å². The van der Waals surface area contributed by atoms with Gasteiger partial charge < -0.3 is 0 Å². The van der Waals surface area contributed by atoms with Crippen LogP contribution in [0.3, 0.4) is 0 Å². The molecule has 0 aromatic rings. The molecule has 1 atom stereocenters. The Morgan fingerprint density at radius 2 is 1.79 bits per heavy atom. The summed E-state index contributed by atoms with van der Waals surface area (Å²) in [6, 6.07) is 0. The van der Waals surface area contributed by atoms with E-state index in [2.05, 4.69) is 46.0 Å². The van der Waals surface area contributed by atoms with Crippen molar-refractivity contribution < 1.29 is 0 Å². The maximum Gasteiger partial charge on any atom is 0.0574 e. The van der Waals surface area contributed by atoms with Crippen molar-refractivity contribution in [2.24, 2.45) is 0 Å². The van der Waals surface area contributed by atoms with Crippen LogP contribution in [0.1, 0.15) is 47.5 Å². The molecule has 0 aliphatic carbocycles. The van der Waals surface area contributed by atoms with Crippen molar-refractivity contribution in [2.45, 2.75) is 52.2 Å². The van der Waals surface area contributed by atoms with Crippen molar-refractivity contribution in [1.29, 1.82) is 0 Å². The lowest BCUT2D eigenvalue weighted by Gasteiger charge is -2.27. The van der Waals surface area contributed by atoms with Gasteiger partial charge in [0.15, 0.2) is 0 Å². The number of hydrogen-bond acceptors (Lipinski definition) is 3. The smallest absolute Gasteiger partial charge is 0.0574 e. The van der Waals surface area contributed by atoms with E-state index in [0.29, 0.717) is 4.75 Å². The van der Waals surface area contributed by atoms with Crippen molar-refractivity contribution in [3.63, 3.8) is 0 Å². The molecule has 14 heavy (non-hydrogen) atoms. The lowest BCUT2D eigenvalue weighted by molar-refractivity contribution is 0.810. The van der Waals surface area contributed by atoms with Gasteiger partial charge in [0.2, 0.25) is 0 Å². The molecule has 0 aromatic heterocycles. The van der Waals surface area contributed by atoms with Crippen LogP contribution in [0.4, 0.5) is 0 Å². The van der Waals surface area contributed by atoms with Crippen LogP contribution < -0.4 is 0 Å². The first-order chi connectivity index (χ1) is 6.33. The summed E-state index contributed by atoms with van der Waals surface area (Å²) in [5.74, 6) is 1.25. The maximum atomic E-state index is 5.80. The Morgan fingerprint density at radius 3 is 2.14 bits per heavy atom. The molecule has 0 fully saturated rings. The fourth-order valence-corrected chi connectivity index (χ4v) is 13.5. The van der Waals surface area contributed by atoms with Gasteiger partial charge in [-0.1, -0.05) is 52.8 Å². The molecule has 0 amide bonds. The second-order valence-corrected chi connectivity index (χ2v) is 17.3. The van der Waals surface area contributed by atoms with Crippen LogP contribution >= 0.6 is 27.2 Å². The third-order valence-electron chi connectivity index (χ3n) is 1.59. The molecule has 0 radical (unpaired) electrons. The Balaban J connectivity index is 4.12. The SMILES string of the molecule is CCCCSP(=S)(CC)SC(C)(C)C. The zero-order valence-electron chi connectivity index (χ0n) is 10.0. The standard InChI is InChI=1S/C10H23PS3/c1-6-8-9-13-11(12,7-2)14-10(3,4)5/h6-9H2,1-5H3. The first-order valence-electron chi connectivity index (χ1n) is 5.27. The molecule has 0 rings (SSSR count). The van der Waals surface area contributed by atoms with Crippen molar-refractivity contribution in [3.8, 4) is 0 Å². The molecule has 0 aliphatic heterocycles. The molecule has 0 saturated carbocycles. The summed E-state index contributed by atoms with van der Waals surface area (Å²) < 4.78 is -0.861. The molecular weight excluding hydrogens is 247 g/mol. The van der Waals surface area contributed by atoms with Crippen LogP contribution in [-0.2, 0) is 11.8 Å². The van der Waals surface area contributed by atoms with Gasteiger partial charge in [0.05, 0.1) is 4.44 Å². The molecule has 0 bridgehead atoms. The minimum Gasteiger partial charge on any atom is -0.114 e. The number of rotatable bonds is 6. The highest BCUT2D eigenvalue weighted by molar-refractivity contribution is 9.00. The topological polar surface area (TPSA) is 0 Å². The monoisotopic (exact) mass is 270 g/mol. The van der Waals surface area contributed by atoms with E-state index in [0.717, 1.165) is 0 Å². The van der Waals surface area contributed by atoms with E-state index in [-0.39, 0.29) is 0 Å². The molecule has 4 heteroatoms. The first-order valence-corrected chi connectivity index (χ1v) is 11.3. The largest absolute Gasteiger partial charge is 0.114 e. The van der Waals surface area contributed by atoms with Gasteiger partial charge in [0.25, 0.3) is 0 Å². The van der Waals surface area contributed by atoms with Crippen LogP contribution in [0.5, 0.6) is 0 Å². The predicted octanol–water partition coefficient (Wildman–Crippen LogP) is 5.38. The van der Waals surface area contributed by atoms with Crippen LogP contribution in [-0.4, -0.2) is 16.7 Å². The number of hydrogen-bond donors (Lipinski definition) is 0. The van der Waals surface area contributed by atoms with E-state index in [9.17, 15) is 0 Å². The predicted molar refractivity (Wildman–Crippen MR) is 79.5 cm³/mol. The Kier molecular flexibility index (Phi) is 7.49. The Labute approximate surface area is 103 Å². The van der Waals surface area contributed by atoms with E-state index in [1.54, 1.807) is 0 Å². The third-order valence-corrected chi connectivity index (χ3v) is 13.8. The third kappa shape index (κ3) is 7.62. The highest BCUT2D eigenvalue weighted by atomic mass is 33.2. The lowest BCUT2D eigenvalue weighted by atomic mass is 10.3. The Hall–Kier alpha value is 1.35. The van der Waals surface area contributed by atoms with Crippen molar-refractivity contribution in [3.05, 3.63) is 0 Å². The molecule has 0 N–H and O–H groups in total. The van der Waals surface area contributed by atoms with E-state index >= 15 is 0 Å². The highest BCUT2D eigenvalue weighted by Gasteiger charge is 2.23. The maximum absolute atomic E-state index is 5.80. The number of unbranched alkanes of at least 4 members (excludes halogenated alkanes) is 1. The molecule has 0 heterocycles. The summed E-state index contributed by atoms with van der Waals surface area (Å²) in [7, 11) is 0. The van der Waals surface area contributed by atoms with Crippen molar-refractivity contribution >= 4 is 39.0 Å². The van der Waals surface area contributed by atoms with Crippen molar-refractivity contribution in [2.75, 3.05) is 11.9 Å². The van der Waals surface area contributed by atoms with Gasteiger partial charge in [-0.25, -0.2) is 0 Å². The van der Waals surface area contributed by atoms with Crippen LogP contribution in [0.2, 0.25) is 0 Å². The first kappa shape index (κ1) is 15.3. The summed E-state index contributed by atoms with van der Waals surface area (Å²) in [5, 5.41) is 0. The molecule has 0 saturated heterocycles. The van der Waals surface area contributed by atoms with Gasteiger partial charge in [0.1, 0.15) is 0 Å². The fraction of sp³-hybridized carbons (Fsp3) is 1.00. The molecule has 0 nitrogen and oxygen atoms in total. The van der Waals surface area contributed by atoms with Gasteiger partial charge in [-0.2, -0.15) is 0 Å². The molecule has 0 aromatic carbocycles. The molecule has 1 unspecified atom stereocenters. The summed E-state index contributed by atoms with van der Waals surface area (Å²) in [4.78, 5) is 0. The van der Waals surface area contributed by atoms with E-state index < -0.39 is 4.44 Å². The van der Waals surface area contributed by atoms with Crippen LogP contribution in [0.25, 0.3) is 0 Å². The second kappa shape index (κ2) is 6.83. The molecular formula is C10H23PS3. The highest BCUT2D eigenvalue weighted by Crippen LogP contribution is 2.72. The molecule has 86 valence electrons. The summed E-state index contributed by atoms with van der Waals surface area (Å²) in [6.07, 6.45) is 3.78. The van der Waals surface area contributed by atoms with Crippen molar-refractivity contribution in [1.82, 2.24) is 0 Å². The summed E-state index contributed by atoms with van der Waals surface area (Å²) >= 11 is 9.91. The van der Waals surface area contributed by atoms with E-state index in [1.165, 1.54) is 24.8 Å². The van der Waals surface area contributed by atoms with Crippen LogP contribution in [0.15, 0.2) is 0 Å². The Morgan fingerprint density at radius 1 is 1.21 bits per heavy atom. The average molecular weight is 270 g/mol. The van der Waals surface area contributed by atoms with Gasteiger partial charge in [-0.15, -0.1) is 22.8 Å². The lowest BCUT2D eigenvalue weighted by Crippen LogP contribution is -2.06. The van der Waals surface area contributed by atoms with Gasteiger partial charge in [-0.3, -0.25) is 0 Å². The van der Waals surface area contributed by atoms with Gasteiger partial charge in [0, 0.05) is 4.75 Å². The molecule has 0 spiro atoms. The Bertz CT molecular complexity index is 196. The molecule has 0 aliphatic rings. The summed E-state index contributed by atoms with van der Waals surface area (Å²) in [5.41, 5.74) is 0. The minimum absolute atomic E-state index is 0.324. The fourth-order valence-electron chi connectivity index (χ4n) is 0.947. The van der Waals surface area contributed by atoms with E-state index in [1.807, 2.05) is 11.4 Å². The quantitative estimate of drug-likeness (QED) is 0.470. The minimum atomic E-state index is -1.18. The van der Waals surface area contributed by atoms with Gasteiger partial charge >= 0.3 is 0 Å².